The molecule has 2 aliphatic carbocycles. The van der Waals surface area contributed by atoms with E-state index >= 15 is 0 Å². The summed E-state index contributed by atoms with van der Waals surface area (Å²) in [6.45, 7) is 5.64. The summed E-state index contributed by atoms with van der Waals surface area (Å²) in [5.41, 5.74) is -2.19. The van der Waals surface area contributed by atoms with Crippen molar-refractivity contribution in [2.75, 3.05) is 19.8 Å². The lowest BCUT2D eigenvalue weighted by molar-refractivity contribution is -0.141. The Balaban J connectivity index is 1.26. The van der Waals surface area contributed by atoms with E-state index in [0.29, 0.717) is 50.4 Å². The molecule has 3 N–H and O–H groups in total. The van der Waals surface area contributed by atoms with Crippen LogP contribution in [0.5, 0.6) is 11.5 Å². The second-order valence-electron chi connectivity index (χ2n) is 14.8. The molecule has 2 saturated carbocycles. The first-order chi connectivity index (χ1) is 24.1. The number of ether oxygens (including phenoxy) is 4. The molecule has 3 fully saturated rings. The van der Waals surface area contributed by atoms with Crippen molar-refractivity contribution in [3.05, 3.63) is 35.9 Å². The van der Waals surface area contributed by atoms with Gasteiger partial charge in [-0.2, -0.15) is 0 Å². The Bertz CT molecular complexity index is 1700. The predicted octanol–water partition coefficient (Wildman–Crippen LogP) is 2.48. The maximum absolute atomic E-state index is 14.3. The number of hydrogen-bond acceptors (Lipinski definition) is 11. The first kappa shape index (κ1) is 36.5. The van der Waals surface area contributed by atoms with Gasteiger partial charge in [0.1, 0.15) is 42.5 Å². The van der Waals surface area contributed by atoms with Gasteiger partial charge < -0.3 is 34.5 Å². The summed E-state index contributed by atoms with van der Waals surface area (Å²) in [7, 11) is -3.91. The molecule has 51 heavy (non-hydrogen) atoms. The maximum atomic E-state index is 14.3. The van der Waals surface area contributed by atoms with Crippen LogP contribution in [0.1, 0.15) is 88.9 Å². The van der Waals surface area contributed by atoms with Crippen molar-refractivity contribution in [2.45, 2.75) is 113 Å². The van der Waals surface area contributed by atoms with Gasteiger partial charge in [0.2, 0.25) is 21.8 Å². The monoisotopic (exact) mass is 730 g/mol. The van der Waals surface area contributed by atoms with E-state index in [-0.39, 0.29) is 31.4 Å². The van der Waals surface area contributed by atoms with Gasteiger partial charge in [0.15, 0.2) is 11.5 Å². The van der Waals surface area contributed by atoms with Crippen LogP contribution >= 0.6 is 0 Å². The Hall–Kier alpha value is -4.34. The fraction of sp³-hybridized carbons (Fsp3) is 0.629. The van der Waals surface area contributed by atoms with E-state index in [1.54, 1.807) is 26.8 Å². The Kier molecular flexibility index (Phi) is 10.3. The van der Waals surface area contributed by atoms with E-state index in [0.717, 1.165) is 12.8 Å². The molecule has 1 aromatic rings. The van der Waals surface area contributed by atoms with Gasteiger partial charge in [0, 0.05) is 12.3 Å². The van der Waals surface area contributed by atoms with Crippen molar-refractivity contribution < 1.29 is 51.3 Å². The van der Waals surface area contributed by atoms with Crippen molar-refractivity contribution in [1.82, 2.24) is 20.3 Å². The number of nitrogens with one attached hydrogen (secondary N) is 3. The van der Waals surface area contributed by atoms with Crippen LogP contribution in [0.25, 0.3) is 0 Å². The van der Waals surface area contributed by atoms with E-state index in [4.69, 9.17) is 18.9 Å². The summed E-state index contributed by atoms with van der Waals surface area (Å²) in [5, 5.41) is 4.82. The van der Waals surface area contributed by atoms with Gasteiger partial charge >= 0.3 is 12.1 Å². The second kappa shape index (κ2) is 14.4. The molecule has 5 atom stereocenters. The lowest BCUT2D eigenvalue weighted by Crippen LogP contribution is -2.58. The number of sulfonamides is 1. The molecule has 15 nitrogen and oxygen atoms in total. The molecule has 3 aliphatic heterocycles. The molecule has 4 amide bonds. The summed E-state index contributed by atoms with van der Waals surface area (Å²) in [4.78, 5) is 69.5. The molecule has 0 aromatic heterocycles. The van der Waals surface area contributed by atoms with Crippen LogP contribution in [-0.2, 0) is 33.9 Å². The van der Waals surface area contributed by atoms with Crippen LogP contribution in [0, 0.1) is 5.92 Å². The molecule has 1 aromatic carbocycles. The summed E-state index contributed by atoms with van der Waals surface area (Å²) in [6, 6.07) is 2.36. The molecule has 6 rings (SSSR count). The van der Waals surface area contributed by atoms with Crippen LogP contribution in [0.15, 0.2) is 30.4 Å². The highest BCUT2D eigenvalue weighted by molar-refractivity contribution is 7.91. The van der Waals surface area contributed by atoms with Gasteiger partial charge in [-0.05, 0) is 77.5 Å². The van der Waals surface area contributed by atoms with Crippen LogP contribution < -0.4 is 24.8 Å². The van der Waals surface area contributed by atoms with Crippen LogP contribution in [-0.4, -0.2) is 97.4 Å². The lowest BCUT2D eigenvalue weighted by Gasteiger charge is -2.30. The van der Waals surface area contributed by atoms with Crippen molar-refractivity contribution >= 4 is 39.8 Å². The lowest BCUT2D eigenvalue weighted by atomic mass is 10.0. The normalized spacial score (nSPS) is 28.8. The van der Waals surface area contributed by atoms with Gasteiger partial charge in [0.05, 0.1) is 17.4 Å². The first-order valence-corrected chi connectivity index (χ1v) is 19.2. The van der Waals surface area contributed by atoms with E-state index < -0.39 is 80.3 Å². The summed E-state index contributed by atoms with van der Waals surface area (Å²) < 4.78 is 50.1. The molecular formula is C35H46N4O11S. The quantitative estimate of drug-likeness (QED) is 0.287. The van der Waals surface area contributed by atoms with Gasteiger partial charge in [-0.3, -0.25) is 19.1 Å². The highest BCUT2D eigenvalue weighted by atomic mass is 32.2. The van der Waals surface area contributed by atoms with E-state index in [2.05, 4.69) is 15.4 Å². The minimum atomic E-state index is -3.91. The highest BCUT2D eigenvalue weighted by Crippen LogP contribution is 2.46. The standard InChI is InChI=1S/C35H46N4O11S/c1-34(2,3)50-33(44)36-25-10-8-6-4-5-7-9-22-19-35(22,32(43)38-51(45,46)24-12-13-24)37-29(40)26-18-23(20-39(26)30(25)41)49-31(42)21-11-14-27-28(17-21)48-16-15-47-27/h7,9,11,14,17,22-26H,4-6,8,10,12-13,15-16,18-20H2,1-3H3,(H,36,44)(H,37,40)(H,38,43)/b9-7-/t22?,23-,25-,26?,35?/m1/s1. The number of amides is 4. The smallest absolute Gasteiger partial charge is 0.408 e. The van der Waals surface area contributed by atoms with Crippen LogP contribution in [0.3, 0.4) is 0 Å². The van der Waals surface area contributed by atoms with Gasteiger partial charge in [-0.1, -0.05) is 25.0 Å². The molecule has 0 radical (unpaired) electrons. The molecule has 3 heterocycles. The average Bonchev–Trinajstić information content (AvgIpc) is 3.99. The Morgan fingerprint density at radius 1 is 1.02 bits per heavy atom. The second-order valence-corrected chi connectivity index (χ2v) is 16.8. The zero-order valence-corrected chi connectivity index (χ0v) is 29.9. The topological polar surface area (TPSA) is 196 Å². The fourth-order valence-corrected chi connectivity index (χ4v) is 8.05. The molecule has 16 heteroatoms. The first-order valence-electron chi connectivity index (χ1n) is 17.6. The number of carbonyl (C=O) groups is 5. The molecular weight excluding hydrogens is 684 g/mol. The fourth-order valence-electron chi connectivity index (χ4n) is 6.69. The third-order valence-electron chi connectivity index (χ3n) is 9.59. The minimum absolute atomic E-state index is 0.106. The number of hydrogen-bond donors (Lipinski definition) is 3. The van der Waals surface area contributed by atoms with Crippen molar-refractivity contribution in [3.63, 3.8) is 0 Å². The van der Waals surface area contributed by atoms with E-state index in [1.165, 1.54) is 17.0 Å². The van der Waals surface area contributed by atoms with E-state index in [1.807, 2.05) is 12.2 Å². The van der Waals surface area contributed by atoms with Crippen molar-refractivity contribution in [2.24, 2.45) is 5.92 Å². The largest absolute Gasteiger partial charge is 0.486 e. The summed E-state index contributed by atoms with van der Waals surface area (Å²) >= 11 is 0. The maximum Gasteiger partial charge on any atom is 0.408 e. The Labute approximate surface area is 297 Å². The Morgan fingerprint density at radius 3 is 2.49 bits per heavy atom. The number of nitrogens with zero attached hydrogens (tertiary/aromatic N) is 1. The summed E-state index contributed by atoms with van der Waals surface area (Å²) in [5.74, 6) is -2.40. The molecule has 1 saturated heterocycles. The molecule has 278 valence electrons. The number of esters is 1. The number of benzene rings is 1. The average molecular weight is 731 g/mol. The number of carbonyl (C=O) groups excluding carboxylic acids is 5. The zero-order valence-electron chi connectivity index (χ0n) is 29.1. The molecule has 0 spiro atoms. The summed E-state index contributed by atoms with van der Waals surface area (Å²) in [6.07, 6.45) is 6.01. The molecule has 0 bridgehead atoms. The van der Waals surface area contributed by atoms with Gasteiger partial charge in [0.25, 0.3) is 5.91 Å². The molecule has 5 aliphatic rings. The van der Waals surface area contributed by atoms with Crippen LogP contribution in [0.2, 0.25) is 0 Å². The minimum Gasteiger partial charge on any atom is -0.486 e. The highest BCUT2D eigenvalue weighted by Gasteiger charge is 2.62. The van der Waals surface area contributed by atoms with Crippen molar-refractivity contribution in [1.29, 1.82) is 0 Å². The Morgan fingerprint density at radius 2 is 1.76 bits per heavy atom. The molecule has 3 unspecified atom stereocenters. The van der Waals surface area contributed by atoms with Gasteiger partial charge in [-0.15, -0.1) is 0 Å². The predicted molar refractivity (Wildman–Crippen MR) is 181 cm³/mol. The van der Waals surface area contributed by atoms with Crippen LogP contribution in [0.4, 0.5) is 4.79 Å². The third-order valence-corrected chi connectivity index (χ3v) is 11.4. The number of allylic oxidation sites excluding steroid dienone is 1. The number of rotatable bonds is 6. The number of alkyl carbamates (subject to hydrolysis) is 1. The SMILES string of the molecule is CC(C)(C)OC(=O)N[C@@H]1CCCCC/C=C\C2CC2(C(=O)NS(=O)(=O)C2CC2)NC(=O)C2C[C@@H](OC(=O)c3ccc4c(c3)OCCO4)CN2C1=O. The van der Waals surface area contributed by atoms with Gasteiger partial charge in [-0.25, -0.2) is 18.0 Å². The number of fused-ring (bicyclic) bond motifs is 3. The third kappa shape index (κ3) is 8.59. The zero-order chi connectivity index (χ0) is 36.6. The van der Waals surface area contributed by atoms with Crippen molar-refractivity contribution in [3.8, 4) is 11.5 Å². The van der Waals surface area contributed by atoms with E-state index in [9.17, 15) is 32.4 Å².